The monoisotopic (exact) mass is 522 g/mol. The molecule has 0 radical (unpaired) electrons. The Morgan fingerprint density at radius 3 is 1.03 bits per heavy atom. The highest BCUT2D eigenvalue weighted by Gasteiger charge is 2.34. The summed E-state index contributed by atoms with van der Waals surface area (Å²) in [7, 11) is 0. The predicted molar refractivity (Wildman–Crippen MR) is 128 cm³/mol. The van der Waals surface area contributed by atoms with Crippen molar-refractivity contribution in [2.24, 2.45) is 0 Å². The van der Waals surface area contributed by atoms with Crippen LogP contribution in [0.15, 0.2) is 48.6 Å². The van der Waals surface area contributed by atoms with Gasteiger partial charge in [-0.05, 0) is 35.4 Å². The van der Waals surface area contributed by atoms with Crippen LogP contribution in [0.1, 0.15) is 25.0 Å². The number of imide groups is 2. The van der Waals surface area contributed by atoms with E-state index in [2.05, 4.69) is 0 Å². The Kier molecular flexibility index (Phi) is 5.91. The molecular formula is C23H14Cl4N2O4. The van der Waals surface area contributed by atoms with Crippen molar-refractivity contribution >= 4 is 81.4 Å². The van der Waals surface area contributed by atoms with Gasteiger partial charge in [0.2, 0.25) is 0 Å². The van der Waals surface area contributed by atoms with Gasteiger partial charge in [0.15, 0.2) is 0 Å². The molecule has 0 saturated heterocycles. The second-order valence-electron chi connectivity index (χ2n) is 7.89. The zero-order chi connectivity index (χ0) is 24.2. The van der Waals surface area contributed by atoms with E-state index in [1.807, 2.05) is 13.8 Å². The summed E-state index contributed by atoms with van der Waals surface area (Å²) in [5.74, 6) is -2.15. The molecule has 6 nitrogen and oxygen atoms in total. The fourth-order valence-corrected chi connectivity index (χ4v) is 5.00. The van der Waals surface area contributed by atoms with Crippen LogP contribution >= 0.6 is 46.4 Å². The Morgan fingerprint density at radius 2 is 0.788 bits per heavy atom. The van der Waals surface area contributed by atoms with Gasteiger partial charge in [-0.25, -0.2) is 9.80 Å². The Bertz CT molecular complexity index is 1150. The van der Waals surface area contributed by atoms with Crippen LogP contribution in [-0.2, 0) is 24.6 Å². The van der Waals surface area contributed by atoms with Crippen molar-refractivity contribution in [3.05, 3.63) is 79.8 Å². The first kappa shape index (κ1) is 23.5. The van der Waals surface area contributed by atoms with Crippen LogP contribution in [0.25, 0.3) is 0 Å². The smallest absolute Gasteiger partial charge is 0.258 e. The number of anilines is 2. The minimum absolute atomic E-state index is 0.0999. The van der Waals surface area contributed by atoms with Crippen molar-refractivity contribution in [1.82, 2.24) is 0 Å². The van der Waals surface area contributed by atoms with Gasteiger partial charge in [0.25, 0.3) is 23.6 Å². The summed E-state index contributed by atoms with van der Waals surface area (Å²) < 4.78 is 0. The van der Waals surface area contributed by atoms with Crippen molar-refractivity contribution in [1.29, 1.82) is 0 Å². The standard InChI is InChI=1S/C23H14Cl4N2O4/c1-23(2,11-7-13(24)21(14(25)8-11)28-17(30)3-4-18(28)31)12-9-15(26)22(16(27)10-12)29-19(32)5-6-20(29)33/h3-10H,1-2H3. The van der Waals surface area contributed by atoms with Gasteiger partial charge >= 0.3 is 0 Å². The van der Waals surface area contributed by atoms with Gasteiger partial charge in [-0.2, -0.15) is 0 Å². The molecule has 0 spiro atoms. The number of hydrogen-bond donors (Lipinski definition) is 0. The topological polar surface area (TPSA) is 74.8 Å². The lowest BCUT2D eigenvalue weighted by molar-refractivity contribution is -0.121. The molecule has 2 aliphatic rings. The average molecular weight is 524 g/mol. The summed E-state index contributed by atoms with van der Waals surface area (Å²) in [6.45, 7) is 3.75. The summed E-state index contributed by atoms with van der Waals surface area (Å²) in [6, 6.07) is 6.42. The third kappa shape index (κ3) is 3.87. The lowest BCUT2D eigenvalue weighted by atomic mass is 9.78. The van der Waals surface area contributed by atoms with E-state index >= 15 is 0 Å². The Labute approximate surface area is 208 Å². The SMILES string of the molecule is CC(C)(c1cc(Cl)c(N2C(=O)C=CC2=O)c(Cl)c1)c1cc(Cl)c(N2C(=O)C=CC2=O)c(Cl)c1. The Balaban J connectivity index is 1.76. The molecule has 33 heavy (non-hydrogen) atoms. The fourth-order valence-electron chi connectivity index (χ4n) is 3.69. The van der Waals surface area contributed by atoms with Crippen LogP contribution in [-0.4, -0.2) is 23.6 Å². The minimum Gasteiger partial charge on any atom is -0.269 e. The van der Waals surface area contributed by atoms with Gasteiger partial charge < -0.3 is 0 Å². The van der Waals surface area contributed by atoms with E-state index in [0.717, 1.165) is 34.1 Å². The zero-order valence-electron chi connectivity index (χ0n) is 17.2. The highest BCUT2D eigenvalue weighted by molar-refractivity contribution is 6.44. The van der Waals surface area contributed by atoms with E-state index in [0.29, 0.717) is 11.1 Å². The van der Waals surface area contributed by atoms with E-state index in [9.17, 15) is 19.2 Å². The summed E-state index contributed by atoms with van der Waals surface area (Å²) in [5, 5.41) is 0.460. The molecule has 0 aromatic heterocycles. The number of carbonyl (C=O) groups is 4. The molecule has 4 amide bonds. The molecule has 0 N–H and O–H groups in total. The first-order chi connectivity index (χ1) is 15.4. The largest absolute Gasteiger partial charge is 0.269 e. The minimum atomic E-state index is -0.744. The van der Waals surface area contributed by atoms with Crippen molar-refractivity contribution in [2.45, 2.75) is 19.3 Å². The van der Waals surface area contributed by atoms with Crippen molar-refractivity contribution < 1.29 is 19.2 Å². The molecule has 4 rings (SSSR count). The summed E-state index contributed by atoms with van der Waals surface area (Å²) in [6.07, 6.45) is 4.57. The van der Waals surface area contributed by atoms with Crippen LogP contribution in [0.2, 0.25) is 20.1 Å². The number of rotatable bonds is 4. The van der Waals surface area contributed by atoms with E-state index in [1.165, 1.54) is 0 Å². The molecule has 0 bridgehead atoms. The van der Waals surface area contributed by atoms with Crippen LogP contribution in [0.4, 0.5) is 11.4 Å². The highest BCUT2D eigenvalue weighted by atomic mass is 35.5. The van der Waals surface area contributed by atoms with E-state index in [4.69, 9.17) is 46.4 Å². The molecule has 0 atom stereocenters. The highest BCUT2D eigenvalue weighted by Crippen LogP contribution is 2.44. The molecule has 2 aromatic carbocycles. The van der Waals surface area contributed by atoms with Crippen LogP contribution in [0.3, 0.4) is 0 Å². The average Bonchev–Trinajstić information content (AvgIpc) is 3.23. The first-order valence-corrected chi connectivity index (χ1v) is 11.1. The third-order valence-electron chi connectivity index (χ3n) is 5.54. The maximum Gasteiger partial charge on any atom is 0.258 e. The summed E-state index contributed by atoms with van der Waals surface area (Å²) in [5.41, 5.74) is 0.767. The molecule has 2 aromatic rings. The molecule has 0 unspecified atom stereocenters. The van der Waals surface area contributed by atoms with Gasteiger partial charge in [0.05, 0.1) is 31.5 Å². The van der Waals surface area contributed by atoms with E-state index in [1.54, 1.807) is 24.3 Å². The predicted octanol–water partition coefficient (Wildman–Crippen LogP) is 5.48. The van der Waals surface area contributed by atoms with Gasteiger partial charge in [-0.1, -0.05) is 60.3 Å². The molecule has 0 saturated carbocycles. The first-order valence-electron chi connectivity index (χ1n) is 9.54. The lowest BCUT2D eigenvalue weighted by Gasteiger charge is -2.29. The maximum atomic E-state index is 12.1. The second kappa shape index (κ2) is 8.29. The lowest BCUT2D eigenvalue weighted by Crippen LogP contribution is -2.31. The quantitative estimate of drug-likeness (QED) is 0.497. The third-order valence-corrected chi connectivity index (χ3v) is 6.70. The van der Waals surface area contributed by atoms with Gasteiger partial charge in [-0.15, -0.1) is 0 Å². The van der Waals surface area contributed by atoms with Crippen LogP contribution in [0, 0.1) is 0 Å². The zero-order valence-corrected chi connectivity index (χ0v) is 20.2. The van der Waals surface area contributed by atoms with Crippen molar-refractivity contribution in [2.75, 3.05) is 9.80 Å². The molecular weight excluding hydrogens is 510 g/mol. The molecule has 2 heterocycles. The summed E-state index contributed by atoms with van der Waals surface area (Å²) >= 11 is 25.8. The van der Waals surface area contributed by atoms with E-state index in [-0.39, 0.29) is 31.5 Å². The second-order valence-corrected chi connectivity index (χ2v) is 9.52. The number of amides is 4. The van der Waals surface area contributed by atoms with Crippen LogP contribution in [0.5, 0.6) is 0 Å². The van der Waals surface area contributed by atoms with Crippen molar-refractivity contribution in [3.63, 3.8) is 0 Å². The van der Waals surface area contributed by atoms with Gasteiger partial charge in [0, 0.05) is 29.7 Å². The van der Waals surface area contributed by atoms with Gasteiger partial charge in [0.1, 0.15) is 0 Å². The molecule has 10 heteroatoms. The van der Waals surface area contributed by atoms with Gasteiger partial charge in [-0.3, -0.25) is 19.2 Å². The maximum absolute atomic E-state index is 12.1. The van der Waals surface area contributed by atoms with Crippen LogP contribution < -0.4 is 9.80 Å². The molecule has 2 aliphatic heterocycles. The number of halogens is 4. The molecule has 0 aliphatic carbocycles. The Morgan fingerprint density at radius 1 is 0.545 bits per heavy atom. The normalized spacial score (nSPS) is 16.1. The van der Waals surface area contributed by atoms with E-state index < -0.39 is 29.0 Å². The Hall–Kier alpha value is -2.64. The number of benzene rings is 2. The number of nitrogens with zero attached hydrogens (tertiary/aromatic N) is 2. The fraction of sp³-hybridized carbons (Fsp3) is 0.130. The molecule has 0 fully saturated rings. The summed E-state index contributed by atoms with van der Waals surface area (Å²) in [4.78, 5) is 50.1. The van der Waals surface area contributed by atoms with Crippen molar-refractivity contribution in [3.8, 4) is 0 Å². The number of carbonyl (C=O) groups excluding carboxylic acids is 4. The number of hydrogen-bond acceptors (Lipinski definition) is 4. The molecule has 168 valence electrons.